The molecule has 3 aromatic rings. The Morgan fingerprint density at radius 2 is 2.00 bits per heavy atom. The van der Waals surface area contributed by atoms with E-state index in [9.17, 15) is 0 Å². The zero-order valence-electron chi connectivity index (χ0n) is 11.9. The monoisotopic (exact) mass is 280 g/mol. The van der Waals surface area contributed by atoms with Crippen LogP contribution in [0.3, 0.4) is 0 Å². The summed E-state index contributed by atoms with van der Waals surface area (Å²) in [5.74, 6) is 0.893. The summed E-state index contributed by atoms with van der Waals surface area (Å²) >= 11 is 0. The van der Waals surface area contributed by atoms with Crippen LogP contribution in [0.25, 0.3) is 5.52 Å². The molecule has 0 atom stereocenters. The van der Waals surface area contributed by atoms with Crippen LogP contribution in [0.1, 0.15) is 11.3 Å². The van der Waals surface area contributed by atoms with Gasteiger partial charge in [0, 0.05) is 30.7 Å². The van der Waals surface area contributed by atoms with Gasteiger partial charge in [-0.25, -0.2) is 9.50 Å². The zero-order chi connectivity index (χ0) is 15.0. The van der Waals surface area contributed by atoms with Gasteiger partial charge >= 0.3 is 0 Å². The van der Waals surface area contributed by atoms with E-state index in [4.69, 9.17) is 11.1 Å². The smallest absolute Gasteiger partial charge is 0.158 e. The lowest BCUT2D eigenvalue weighted by Crippen LogP contribution is -2.14. The lowest BCUT2D eigenvalue weighted by atomic mass is 10.2. The molecule has 0 aliphatic rings. The highest BCUT2D eigenvalue weighted by molar-refractivity contribution is 5.95. The number of nitrogens with one attached hydrogen (secondary N) is 1. The summed E-state index contributed by atoms with van der Waals surface area (Å²) in [5, 5.41) is 11.8. The van der Waals surface area contributed by atoms with Crippen LogP contribution >= 0.6 is 0 Å². The molecular weight excluding hydrogens is 264 g/mol. The molecule has 6 heteroatoms. The molecule has 0 amide bonds. The number of anilines is 2. The summed E-state index contributed by atoms with van der Waals surface area (Å²) in [7, 11) is 1.95. The minimum Gasteiger partial charge on any atom is -0.384 e. The Hall–Kier alpha value is -2.89. The number of amidine groups is 1. The fraction of sp³-hybridized carbons (Fsp3) is 0.133. The molecule has 0 saturated heterocycles. The number of nitrogen functional groups attached to an aromatic ring is 1. The first kappa shape index (κ1) is 13.1. The Labute approximate surface area is 122 Å². The highest BCUT2D eigenvalue weighted by Gasteiger charge is 2.11. The Morgan fingerprint density at radius 3 is 2.67 bits per heavy atom. The normalized spacial score (nSPS) is 10.8. The Morgan fingerprint density at radius 1 is 1.29 bits per heavy atom. The summed E-state index contributed by atoms with van der Waals surface area (Å²) < 4.78 is 1.82. The summed E-state index contributed by atoms with van der Waals surface area (Å²) in [5.41, 5.74) is 9.05. The van der Waals surface area contributed by atoms with Gasteiger partial charge in [-0.1, -0.05) is 0 Å². The number of fused-ring (bicyclic) bond motifs is 1. The van der Waals surface area contributed by atoms with Crippen molar-refractivity contribution in [1.29, 1.82) is 5.41 Å². The third-order valence-electron chi connectivity index (χ3n) is 3.37. The van der Waals surface area contributed by atoms with Crippen LogP contribution in [-0.2, 0) is 0 Å². The van der Waals surface area contributed by atoms with Gasteiger partial charge in [0.15, 0.2) is 5.82 Å². The molecule has 0 fully saturated rings. The summed E-state index contributed by atoms with van der Waals surface area (Å²) in [6, 6.07) is 9.50. The van der Waals surface area contributed by atoms with Crippen LogP contribution in [0.15, 0.2) is 42.7 Å². The van der Waals surface area contributed by atoms with Gasteiger partial charge in [-0.3, -0.25) is 5.41 Å². The van der Waals surface area contributed by atoms with Crippen molar-refractivity contribution >= 4 is 22.9 Å². The highest BCUT2D eigenvalue weighted by Crippen LogP contribution is 2.26. The van der Waals surface area contributed by atoms with Gasteiger partial charge in [-0.2, -0.15) is 5.10 Å². The Bertz CT molecular complexity index is 803. The van der Waals surface area contributed by atoms with Crippen LogP contribution in [0.5, 0.6) is 0 Å². The lowest BCUT2D eigenvalue weighted by Gasteiger charge is -2.19. The number of hydrogen-bond acceptors (Lipinski definition) is 4. The quantitative estimate of drug-likeness (QED) is 0.568. The van der Waals surface area contributed by atoms with Gasteiger partial charge in [-0.15, -0.1) is 0 Å². The molecule has 1 aromatic carbocycles. The second-order valence-electron chi connectivity index (χ2n) is 4.89. The molecule has 0 saturated carbocycles. The van der Waals surface area contributed by atoms with E-state index in [1.54, 1.807) is 6.20 Å². The predicted molar refractivity (Wildman–Crippen MR) is 83.2 cm³/mol. The average Bonchev–Trinajstić information content (AvgIpc) is 2.86. The topological polar surface area (TPSA) is 83.3 Å². The lowest BCUT2D eigenvalue weighted by molar-refractivity contribution is 0.917. The van der Waals surface area contributed by atoms with Gasteiger partial charge in [0.2, 0.25) is 0 Å². The first-order valence-corrected chi connectivity index (χ1v) is 6.55. The van der Waals surface area contributed by atoms with Crippen LogP contribution in [0, 0.1) is 12.3 Å². The van der Waals surface area contributed by atoms with Crippen molar-refractivity contribution < 1.29 is 0 Å². The van der Waals surface area contributed by atoms with E-state index in [0.29, 0.717) is 5.56 Å². The molecule has 0 aliphatic heterocycles. The predicted octanol–water partition coefficient (Wildman–Crippen LogP) is 2.09. The van der Waals surface area contributed by atoms with E-state index in [1.165, 1.54) is 0 Å². The van der Waals surface area contributed by atoms with Gasteiger partial charge in [0.25, 0.3) is 0 Å². The average molecular weight is 280 g/mol. The van der Waals surface area contributed by atoms with Crippen molar-refractivity contribution in [2.45, 2.75) is 6.92 Å². The van der Waals surface area contributed by atoms with Crippen LogP contribution in [-0.4, -0.2) is 27.5 Å². The third kappa shape index (κ3) is 2.31. The largest absolute Gasteiger partial charge is 0.384 e. The van der Waals surface area contributed by atoms with E-state index in [1.807, 2.05) is 59.9 Å². The molecular formula is C15H16N6. The third-order valence-corrected chi connectivity index (χ3v) is 3.37. The molecule has 6 nitrogen and oxygen atoms in total. The molecule has 0 spiro atoms. The van der Waals surface area contributed by atoms with Gasteiger partial charge in [0.1, 0.15) is 11.4 Å². The Balaban J connectivity index is 2.03. The van der Waals surface area contributed by atoms with Crippen molar-refractivity contribution in [2.75, 3.05) is 11.9 Å². The maximum atomic E-state index is 7.43. The van der Waals surface area contributed by atoms with Crippen LogP contribution in [0.4, 0.5) is 11.5 Å². The molecule has 21 heavy (non-hydrogen) atoms. The zero-order valence-corrected chi connectivity index (χ0v) is 11.9. The maximum Gasteiger partial charge on any atom is 0.158 e. The van der Waals surface area contributed by atoms with Crippen molar-refractivity contribution in [3.05, 3.63) is 54.0 Å². The fourth-order valence-electron chi connectivity index (χ4n) is 2.28. The van der Waals surface area contributed by atoms with E-state index in [0.717, 1.165) is 22.7 Å². The van der Waals surface area contributed by atoms with Gasteiger partial charge in [0.05, 0.1) is 5.69 Å². The van der Waals surface area contributed by atoms with Crippen LogP contribution in [0.2, 0.25) is 0 Å². The minimum absolute atomic E-state index is 0.0656. The molecule has 3 N–H and O–H groups in total. The number of nitrogens with two attached hydrogens (primary N) is 1. The number of aryl methyl sites for hydroxylation is 1. The van der Waals surface area contributed by atoms with E-state index < -0.39 is 0 Å². The molecule has 0 radical (unpaired) electrons. The molecule has 0 bridgehead atoms. The van der Waals surface area contributed by atoms with Crippen LogP contribution < -0.4 is 10.6 Å². The standard InChI is InChI=1S/C15H16N6/c1-10-9-13-15(18-7-8-21(13)19-10)20(2)12-5-3-11(4-6-12)14(16)17/h3-9H,1-2H3,(H3,16,17). The van der Waals surface area contributed by atoms with Gasteiger partial charge < -0.3 is 10.6 Å². The SMILES string of the molecule is Cc1cc2c(N(C)c3ccc(C(=N)N)cc3)nccn2n1. The molecule has 0 aliphatic carbocycles. The van der Waals surface area contributed by atoms with Gasteiger partial charge in [-0.05, 0) is 37.3 Å². The van der Waals surface area contributed by atoms with Crippen molar-refractivity contribution in [2.24, 2.45) is 5.73 Å². The Kier molecular flexibility index (Phi) is 3.06. The van der Waals surface area contributed by atoms with E-state index >= 15 is 0 Å². The van der Waals surface area contributed by atoms with Crippen molar-refractivity contribution in [3.8, 4) is 0 Å². The second kappa shape index (κ2) is 4.90. The first-order valence-electron chi connectivity index (χ1n) is 6.55. The minimum atomic E-state index is 0.0656. The second-order valence-corrected chi connectivity index (χ2v) is 4.89. The van der Waals surface area contributed by atoms with E-state index in [-0.39, 0.29) is 5.84 Å². The first-order chi connectivity index (χ1) is 10.1. The number of hydrogen-bond donors (Lipinski definition) is 2. The number of benzene rings is 1. The number of nitrogens with zero attached hydrogens (tertiary/aromatic N) is 4. The molecule has 0 unspecified atom stereocenters. The summed E-state index contributed by atoms with van der Waals surface area (Å²) in [6.45, 7) is 1.96. The summed E-state index contributed by atoms with van der Waals surface area (Å²) in [6.07, 6.45) is 3.56. The van der Waals surface area contributed by atoms with Crippen molar-refractivity contribution in [1.82, 2.24) is 14.6 Å². The molecule has 3 rings (SSSR count). The van der Waals surface area contributed by atoms with Crippen molar-refractivity contribution in [3.63, 3.8) is 0 Å². The fourth-order valence-corrected chi connectivity index (χ4v) is 2.28. The highest BCUT2D eigenvalue weighted by atomic mass is 15.3. The number of aromatic nitrogens is 3. The summed E-state index contributed by atoms with van der Waals surface area (Å²) in [4.78, 5) is 6.44. The molecule has 2 heterocycles. The maximum absolute atomic E-state index is 7.43. The molecule has 106 valence electrons. The number of rotatable bonds is 3. The molecule has 2 aromatic heterocycles. The van der Waals surface area contributed by atoms with E-state index in [2.05, 4.69) is 10.1 Å².